The molecule has 0 heterocycles. The highest BCUT2D eigenvalue weighted by Crippen LogP contribution is 2.35. The molecule has 0 aromatic carbocycles. The molecular formula is C21H45O6P. The smallest absolute Gasteiger partial charge is 0.368 e. The first-order valence-corrected chi connectivity index (χ1v) is 13.0. The normalized spacial score (nSPS) is 13.1. The Hall–Kier alpha value is 0.0300. The SMILES string of the molecule is CCCCCCCCCCCCCCCCCCOC(O)CCOP(=O)(O)O. The van der Waals surface area contributed by atoms with E-state index in [4.69, 9.17) is 14.5 Å². The van der Waals surface area contributed by atoms with Crippen LogP contribution in [-0.2, 0) is 13.8 Å². The fraction of sp³-hybridized carbons (Fsp3) is 1.00. The molecule has 0 aliphatic carbocycles. The molecule has 7 heteroatoms. The lowest BCUT2D eigenvalue weighted by Crippen LogP contribution is -2.15. The van der Waals surface area contributed by atoms with Gasteiger partial charge in [0.25, 0.3) is 0 Å². The Kier molecular flexibility index (Phi) is 20.3. The molecule has 0 saturated carbocycles. The summed E-state index contributed by atoms with van der Waals surface area (Å²) in [4.78, 5) is 17.1. The molecule has 1 atom stereocenters. The maximum absolute atomic E-state index is 10.5. The van der Waals surface area contributed by atoms with Crippen molar-refractivity contribution >= 4 is 7.82 Å². The second kappa shape index (κ2) is 20.3. The molecule has 0 saturated heterocycles. The molecule has 0 rings (SSSR count). The van der Waals surface area contributed by atoms with Gasteiger partial charge in [0.2, 0.25) is 0 Å². The van der Waals surface area contributed by atoms with E-state index in [2.05, 4.69) is 11.4 Å². The van der Waals surface area contributed by atoms with Crippen molar-refractivity contribution in [2.45, 2.75) is 122 Å². The van der Waals surface area contributed by atoms with Crippen molar-refractivity contribution in [1.82, 2.24) is 0 Å². The van der Waals surface area contributed by atoms with Gasteiger partial charge in [-0.25, -0.2) is 4.57 Å². The monoisotopic (exact) mass is 424 g/mol. The summed E-state index contributed by atoms with van der Waals surface area (Å²) in [7, 11) is -4.45. The zero-order valence-corrected chi connectivity index (χ0v) is 18.9. The third kappa shape index (κ3) is 24.1. The van der Waals surface area contributed by atoms with E-state index in [0.717, 1.165) is 12.8 Å². The van der Waals surface area contributed by atoms with Gasteiger partial charge in [0.1, 0.15) is 0 Å². The third-order valence-electron chi connectivity index (χ3n) is 4.93. The predicted molar refractivity (Wildman–Crippen MR) is 114 cm³/mol. The first kappa shape index (κ1) is 28.0. The minimum atomic E-state index is -4.45. The Morgan fingerprint density at radius 1 is 0.679 bits per heavy atom. The van der Waals surface area contributed by atoms with Crippen LogP contribution in [0, 0.1) is 0 Å². The van der Waals surface area contributed by atoms with E-state index in [0.29, 0.717) is 6.61 Å². The molecule has 0 aromatic rings. The number of hydrogen-bond acceptors (Lipinski definition) is 4. The van der Waals surface area contributed by atoms with Crippen LogP contribution in [0.15, 0.2) is 0 Å². The molecule has 0 radical (unpaired) electrons. The summed E-state index contributed by atoms with van der Waals surface area (Å²) >= 11 is 0. The zero-order valence-electron chi connectivity index (χ0n) is 18.0. The van der Waals surface area contributed by atoms with Crippen LogP contribution in [0.5, 0.6) is 0 Å². The minimum absolute atomic E-state index is 0.0595. The summed E-state index contributed by atoms with van der Waals surface area (Å²) in [5.74, 6) is 0. The van der Waals surface area contributed by atoms with Gasteiger partial charge in [-0.3, -0.25) is 4.52 Å². The molecule has 0 amide bonds. The number of phosphoric ester groups is 1. The Labute approximate surface area is 172 Å². The van der Waals surface area contributed by atoms with Gasteiger partial charge in [0, 0.05) is 13.0 Å². The van der Waals surface area contributed by atoms with Crippen LogP contribution in [0.4, 0.5) is 0 Å². The van der Waals surface area contributed by atoms with Crippen LogP contribution in [0.1, 0.15) is 116 Å². The topological polar surface area (TPSA) is 96.2 Å². The van der Waals surface area contributed by atoms with Gasteiger partial charge in [-0.05, 0) is 6.42 Å². The summed E-state index contributed by atoms with van der Waals surface area (Å²) < 4.78 is 20.0. The van der Waals surface area contributed by atoms with Gasteiger partial charge < -0.3 is 19.6 Å². The number of aliphatic hydroxyl groups is 1. The summed E-state index contributed by atoms with van der Waals surface area (Å²) in [5.41, 5.74) is 0. The van der Waals surface area contributed by atoms with Crippen molar-refractivity contribution in [3.8, 4) is 0 Å². The Balaban J connectivity index is 3.14. The maximum atomic E-state index is 10.5. The number of hydrogen-bond donors (Lipinski definition) is 3. The third-order valence-corrected chi connectivity index (χ3v) is 5.45. The van der Waals surface area contributed by atoms with Crippen LogP contribution in [0.25, 0.3) is 0 Å². The van der Waals surface area contributed by atoms with E-state index in [1.165, 1.54) is 89.9 Å². The van der Waals surface area contributed by atoms with E-state index in [-0.39, 0.29) is 13.0 Å². The molecule has 0 fully saturated rings. The number of rotatable bonds is 22. The van der Waals surface area contributed by atoms with Crippen molar-refractivity contribution in [3.63, 3.8) is 0 Å². The van der Waals surface area contributed by atoms with E-state index in [9.17, 15) is 9.67 Å². The average Bonchev–Trinajstić information content (AvgIpc) is 2.63. The van der Waals surface area contributed by atoms with Gasteiger partial charge in [0.05, 0.1) is 6.61 Å². The minimum Gasteiger partial charge on any atom is -0.368 e. The van der Waals surface area contributed by atoms with Gasteiger partial charge in [-0.15, -0.1) is 0 Å². The average molecular weight is 425 g/mol. The van der Waals surface area contributed by atoms with E-state index < -0.39 is 14.1 Å². The van der Waals surface area contributed by atoms with Crippen LogP contribution in [-0.4, -0.2) is 34.4 Å². The molecule has 3 N–H and O–H groups in total. The highest BCUT2D eigenvalue weighted by molar-refractivity contribution is 7.46. The zero-order chi connectivity index (χ0) is 20.9. The fourth-order valence-corrected chi connectivity index (χ4v) is 3.57. The van der Waals surface area contributed by atoms with E-state index in [1.807, 2.05) is 0 Å². The lowest BCUT2D eigenvalue weighted by molar-refractivity contribution is -0.109. The highest BCUT2D eigenvalue weighted by Gasteiger charge is 2.14. The van der Waals surface area contributed by atoms with Crippen molar-refractivity contribution in [1.29, 1.82) is 0 Å². The van der Waals surface area contributed by atoms with Gasteiger partial charge in [-0.2, -0.15) is 0 Å². The molecule has 1 unspecified atom stereocenters. The van der Waals surface area contributed by atoms with Crippen molar-refractivity contribution in [2.24, 2.45) is 0 Å². The quantitative estimate of drug-likeness (QED) is 0.111. The Morgan fingerprint density at radius 3 is 1.46 bits per heavy atom. The first-order chi connectivity index (χ1) is 13.5. The predicted octanol–water partition coefficient (Wildman–Crippen LogP) is 6.08. The van der Waals surface area contributed by atoms with Gasteiger partial charge >= 0.3 is 7.82 Å². The lowest BCUT2D eigenvalue weighted by atomic mass is 10.0. The number of phosphoric acid groups is 1. The van der Waals surface area contributed by atoms with Crippen molar-refractivity contribution in [3.05, 3.63) is 0 Å². The molecule has 0 bridgehead atoms. The van der Waals surface area contributed by atoms with Crippen LogP contribution < -0.4 is 0 Å². The molecule has 0 aliphatic rings. The van der Waals surface area contributed by atoms with Gasteiger partial charge in [-0.1, -0.05) is 103 Å². The fourth-order valence-electron chi connectivity index (χ4n) is 3.23. The summed E-state index contributed by atoms with van der Waals surface area (Å²) in [6.45, 7) is 2.51. The molecule has 170 valence electrons. The second-order valence-corrected chi connectivity index (χ2v) is 8.98. The Bertz CT molecular complexity index is 361. The number of ether oxygens (including phenoxy) is 1. The number of unbranched alkanes of at least 4 members (excludes halogenated alkanes) is 15. The Morgan fingerprint density at radius 2 is 1.07 bits per heavy atom. The molecule has 0 aliphatic heterocycles. The summed E-state index contributed by atoms with van der Waals surface area (Å²) in [6, 6.07) is 0. The van der Waals surface area contributed by atoms with Gasteiger partial charge in [0.15, 0.2) is 6.29 Å². The maximum Gasteiger partial charge on any atom is 0.469 e. The lowest BCUT2D eigenvalue weighted by Gasteiger charge is -2.12. The van der Waals surface area contributed by atoms with Crippen LogP contribution >= 0.6 is 7.82 Å². The van der Waals surface area contributed by atoms with Crippen molar-refractivity contribution < 1.29 is 28.7 Å². The number of aliphatic hydroxyl groups excluding tert-OH is 1. The molecule has 28 heavy (non-hydrogen) atoms. The summed E-state index contributed by atoms with van der Waals surface area (Å²) in [6.07, 6.45) is 20.1. The van der Waals surface area contributed by atoms with Crippen molar-refractivity contribution in [2.75, 3.05) is 13.2 Å². The van der Waals surface area contributed by atoms with Crippen LogP contribution in [0.2, 0.25) is 0 Å². The van der Waals surface area contributed by atoms with E-state index in [1.54, 1.807) is 0 Å². The van der Waals surface area contributed by atoms with Crippen LogP contribution in [0.3, 0.4) is 0 Å². The van der Waals surface area contributed by atoms with E-state index >= 15 is 0 Å². The standard InChI is InChI=1S/C21H45O6P/c1-2-3-4-5-6-7-8-9-10-11-12-13-14-15-16-17-19-26-21(22)18-20-27-28(23,24)25/h21-22H,2-20H2,1H3,(H2,23,24,25). The highest BCUT2D eigenvalue weighted by atomic mass is 31.2. The molecular weight excluding hydrogens is 379 g/mol. The molecule has 0 aromatic heterocycles. The first-order valence-electron chi connectivity index (χ1n) is 11.5. The molecule has 0 spiro atoms. The second-order valence-electron chi connectivity index (χ2n) is 7.74. The summed E-state index contributed by atoms with van der Waals surface area (Å²) in [5, 5.41) is 9.52. The molecule has 6 nitrogen and oxygen atoms in total. The largest absolute Gasteiger partial charge is 0.469 e.